The largest absolute Gasteiger partial charge is 0.383 e. The van der Waals surface area contributed by atoms with Crippen molar-refractivity contribution in [1.29, 1.82) is 0 Å². The zero-order valence-electron chi connectivity index (χ0n) is 57.4. The minimum Gasteiger partial charge on any atom is -0.383 e. The standard InChI is InChI=1S/C20H26N11O5P.C18H25N10O6P.C18H24N9O7P/c1-2-16(28-30-23)33-9-15(32)24-5-3-4-12-7-31(20-18(12)19(21)25-10-26-20)17-6-13(34-11-27-29-22)14(36-17)8-35-37;1-2-15(25-27-21)31-9-14(29)22-5-3-4-11-7-28(18(30)24-17(11)19)16-6-12(32-10-23-26-20)13(34-16)8-33-35;1-2-15(24-26-20)31-9-14(28)21-5-3-4-11-7-27(18(30)23-17(11)29)16-6-12(32-10-22-25-19)13(34-16)8-33-35/h7,10,13-14,16-17H,2,5-6,8-9,11,37H2,1H3,(H,24,32)(H2,21,25,26);7,12-13,15-16H,2,5-6,8-10,35H2,1H3,(H,22,29)(H2,19,24,30);7,12-13,15-16H,2,5-6,8-10,35H2,1H3,(H,21,28)(H,23,29,30). The molecule has 0 spiro atoms. The summed E-state index contributed by atoms with van der Waals surface area (Å²) in [5, 5.41) is 28.5. The number of nitrogens with one attached hydrogen (secondary N) is 4. The predicted octanol–water partition coefficient (Wildman–Crippen LogP) is 4.21. The van der Waals surface area contributed by atoms with Crippen LogP contribution in [-0.4, -0.2) is 186 Å². The van der Waals surface area contributed by atoms with E-state index >= 15 is 0 Å². The van der Waals surface area contributed by atoms with Crippen LogP contribution < -0.4 is 44.4 Å². The van der Waals surface area contributed by atoms with Crippen molar-refractivity contribution in [1.82, 2.24) is 49.6 Å². The van der Waals surface area contributed by atoms with Gasteiger partial charge in [0.25, 0.3) is 5.56 Å². The Morgan fingerprint density at radius 1 is 0.570 bits per heavy atom. The van der Waals surface area contributed by atoms with Gasteiger partial charge in [-0.25, -0.2) is 19.6 Å². The van der Waals surface area contributed by atoms with Crippen molar-refractivity contribution in [2.75, 3.05) is 90.9 Å². The van der Waals surface area contributed by atoms with Gasteiger partial charge in [-0.3, -0.25) is 33.3 Å². The Kier molecular flexibility index (Phi) is 39.6. The fourth-order valence-corrected chi connectivity index (χ4v) is 10.3. The Labute approximate surface area is 612 Å². The maximum absolute atomic E-state index is 12.4. The van der Waals surface area contributed by atoms with E-state index in [1.807, 2.05) is 0 Å². The van der Waals surface area contributed by atoms with Crippen LogP contribution in [0.4, 0.5) is 11.6 Å². The highest BCUT2D eigenvalue weighted by atomic mass is 31.0. The van der Waals surface area contributed by atoms with E-state index in [-0.39, 0.29) is 121 Å². The number of azide groups is 6. The summed E-state index contributed by atoms with van der Waals surface area (Å²) in [5.41, 5.74) is 61.9. The predicted molar refractivity (Wildman–Crippen MR) is 383 cm³/mol. The van der Waals surface area contributed by atoms with Gasteiger partial charge in [0.15, 0.2) is 0 Å². The van der Waals surface area contributed by atoms with Crippen molar-refractivity contribution < 1.29 is 70.6 Å². The molecule has 51 heteroatoms. The van der Waals surface area contributed by atoms with Gasteiger partial charge in [0.05, 0.1) is 74.3 Å². The van der Waals surface area contributed by atoms with Gasteiger partial charge in [-0.15, -0.1) is 0 Å². The van der Waals surface area contributed by atoms with Gasteiger partial charge in [0.1, 0.15) is 125 Å². The van der Waals surface area contributed by atoms with E-state index in [4.69, 9.17) is 101 Å². The number of nitrogens with two attached hydrogens (primary N) is 2. The number of amides is 3. The molecule has 7 heterocycles. The highest BCUT2D eigenvalue weighted by molar-refractivity contribution is 7.10. The molecule has 3 saturated heterocycles. The summed E-state index contributed by atoms with van der Waals surface area (Å²) in [6.45, 7) is 4.31. The quantitative estimate of drug-likeness (QED) is 0.0122. The van der Waals surface area contributed by atoms with E-state index in [0.717, 1.165) is 0 Å². The number of H-pyrrole nitrogens is 1. The number of carbonyl (C=O) groups is 3. The number of ether oxygens (including phenoxy) is 9. The lowest BCUT2D eigenvalue weighted by molar-refractivity contribution is -0.128. The monoisotopic (exact) mass is 1550 g/mol. The first-order chi connectivity index (χ1) is 51.9. The van der Waals surface area contributed by atoms with Crippen molar-refractivity contribution in [3.8, 4) is 35.5 Å². The molecule has 4 aromatic heterocycles. The third-order valence-corrected chi connectivity index (χ3v) is 15.2. The van der Waals surface area contributed by atoms with Crippen molar-refractivity contribution >= 4 is 68.8 Å². The van der Waals surface area contributed by atoms with Crippen molar-refractivity contribution in [2.24, 2.45) is 30.7 Å². The van der Waals surface area contributed by atoms with Crippen LogP contribution in [0, 0.1) is 35.5 Å². The summed E-state index contributed by atoms with van der Waals surface area (Å²) in [5.74, 6) is 15.4. The van der Waals surface area contributed by atoms with Crippen LogP contribution >= 0.6 is 28.4 Å². The Bertz CT molecular complexity index is 4350. The molecule has 0 aromatic carbocycles. The van der Waals surface area contributed by atoms with Gasteiger partial charge in [-0.05, 0) is 52.4 Å². The molecule has 15 unspecified atom stereocenters. The molecule has 0 bridgehead atoms. The molecule has 107 heavy (non-hydrogen) atoms. The summed E-state index contributed by atoms with van der Waals surface area (Å²) in [6.07, 6.45) is 0.888. The number of fused-ring (bicyclic) bond motifs is 1. The molecule has 572 valence electrons. The minimum atomic E-state index is -0.791. The molecule has 48 nitrogen and oxygen atoms in total. The number of carbonyl (C=O) groups excluding carboxylic acids is 3. The molecule has 8 N–H and O–H groups in total. The Hall–Kier alpha value is -10.5. The highest BCUT2D eigenvalue weighted by Crippen LogP contribution is 2.36. The van der Waals surface area contributed by atoms with Crippen LogP contribution in [0.5, 0.6) is 0 Å². The average Bonchev–Trinajstić information content (AvgIpc) is 1.63. The van der Waals surface area contributed by atoms with Crippen LogP contribution in [0.15, 0.2) is 70.0 Å². The smallest absolute Gasteiger partial charge is 0.351 e. The van der Waals surface area contributed by atoms with E-state index in [9.17, 15) is 28.8 Å². The molecular formula is C56H75N30O18P3. The molecule has 3 fully saturated rings. The summed E-state index contributed by atoms with van der Waals surface area (Å²) in [6, 6.07) is 0. The van der Waals surface area contributed by atoms with E-state index < -0.39 is 103 Å². The van der Waals surface area contributed by atoms with Crippen LogP contribution in [0.25, 0.3) is 73.7 Å². The van der Waals surface area contributed by atoms with Gasteiger partial charge in [-0.2, -0.15) is 4.98 Å². The van der Waals surface area contributed by atoms with Crippen LogP contribution in [-0.2, 0) is 70.6 Å². The number of anilines is 2. The Morgan fingerprint density at radius 2 is 0.953 bits per heavy atom. The first-order valence-electron chi connectivity index (χ1n) is 31.8. The van der Waals surface area contributed by atoms with E-state index in [2.05, 4.69) is 160 Å². The number of rotatable bonds is 36. The van der Waals surface area contributed by atoms with Crippen LogP contribution in [0.3, 0.4) is 0 Å². The molecule has 0 aliphatic carbocycles. The molecule has 3 amide bonds. The lowest BCUT2D eigenvalue weighted by Gasteiger charge is -2.17. The van der Waals surface area contributed by atoms with Gasteiger partial charge >= 0.3 is 11.4 Å². The lowest BCUT2D eigenvalue weighted by atomic mass is 10.2. The second-order valence-corrected chi connectivity index (χ2v) is 22.5. The molecule has 4 aromatic rings. The number of hydrogen-bond donors (Lipinski definition) is 6. The minimum absolute atomic E-state index is 0.0228. The van der Waals surface area contributed by atoms with Crippen molar-refractivity contribution in [2.45, 2.75) is 133 Å². The van der Waals surface area contributed by atoms with E-state index in [1.54, 1.807) is 31.5 Å². The maximum atomic E-state index is 12.4. The second kappa shape index (κ2) is 48.6. The SMILES string of the molecule is CCC(N=[N+]=[N-])OCC(=O)NCC#Cc1cn(C2CC(OCN=[N+]=[N-])C(COP)O2)c(=O)[nH]c1=O.CCC(N=[N+]=[N-])OCC(=O)NCC#Cc1cn(C2CC(OCN=[N+]=[N-])C(COP)O2)c(=O)nc1N.CCC(N=[N+]=[N-])OCC(=O)NCC#Cc1cn(C2CC(OCN=[N+]=[N-])C(COP)O2)c2ncnc(N)c12. The fourth-order valence-electron chi connectivity index (χ4n) is 9.72. The molecule has 3 aliphatic rings. The molecule has 0 radical (unpaired) electrons. The summed E-state index contributed by atoms with van der Waals surface area (Å²) in [4.78, 5) is 103. The zero-order chi connectivity index (χ0) is 77.9. The van der Waals surface area contributed by atoms with Gasteiger partial charge in [0.2, 0.25) is 17.7 Å². The lowest BCUT2D eigenvalue weighted by Crippen LogP contribution is -2.34. The average molecular weight is 1550 g/mol. The number of aromatic amines is 1. The zero-order valence-corrected chi connectivity index (χ0v) is 60.9. The first kappa shape index (κ1) is 87.2. The summed E-state index contributed by atoms with van der Waals surface area (Å²) in [7, 11) is 6.36. The number of nitrogens with zero attached hydrogens (tertiary/aromatic N) is 24. The van der Waals surface area contributed by atoms with Gasteiger partial charge in [-0.1, -0.05) is 87.0 Å². The fraction of sp³-hybridized carbons (Fsp3) is 0.589. The normalized spacial score (nSPS) is 19.5. The Morgan fingerprint density at radius 3 is 1.36 bits per heavy atom. The number of aromatic nitrogens is 7. The van der Waals surface area contributed by atoms with Gasteiger partial charge in [0, 0.05) is 95.7 Å². The Balaban J connectivity index is 0.000000288. The number of nitrogen functional groups attached to an aromatic ring is 2. The molecule has 7 rings (SSSR count). The summed E-state index contributed by atoms with van der Waals surface area (Å²) >= 11 is 0. The topological polar surface area (TPSA) is 663 Å². The number of hydrogen-bond acceptors (Lipinski definition) is 29. The first-order valence-corrected chi connectivity index (χ1v) is 33.2. The van der Waals surface area contributed by atoms with Crippen molar-refractivity contribution in [3.63, 3.8) is 0 Å². The summed E-state index contributed by atoms with van der Waals surface area (Å²) < 4.78 is 69.5. The molecule has 15 atom stereocenters. The third-order valence-electron chi connectivity index (χ3n) is 14.7. The highest BCUT2D eigenvalue weighted by Gasteiger charge is 2.40. The molecule has 3 aliphatic heterocycles. The van der Waals surface area contributed by atoms with Crippen LogP contribution in [0.1, 0.15) is 94.7 Å². The van der Waals surface area contributed by atoms with Crippen molar-refractivity contribution in [3.05, 3.63) is 136 Å². The third kappa shape index (κ3) is 28.7. The van der Waals surface area contributed by atoms with Gasteiger partial charge < -0.3 is 88.2 Å². The van der Waals surface area contributed by atoms with E-state index in [1.165, 1.54) is 27.9 Å². The molecular weight excluding hydrogens is 1470 g/mol. The van der Waals surface area contributed by atoms with E-state index in [0.29, 0.717) is 42.3 Å². The maximum Gasteiger partial charge on any atom is 0.351 e. The second-order valence-electron chi connectivity index (χ2n) is 21.5. The van der Waals surface area contributed by atoms with Crippen LogP contribution in [0.2, 0.25) is 0 Å². The molecule has 0 saturated carbocycles.